The van der Waals surface area contributed by atoms with Crippen molar-refractivity contribution in [2.75, 3.05) is 19.5 Å². The second-order valence-electron chi connectivity index (χ2n) is 4.58. The van der Waals surface area contributed by atoms with E-state index in [2.05, 4.69) is 28.3 Å². The number of hydrogen-bond acceptors (Lipinski definition) is 5. The van der Waals surface area contributed by atoms with E-state index in [1.54, 1.807) is 25.3 Å². The molecule has 1 N–H and O–H groups in total. The summed E-state index contributed by atoms with van der Waals surface area (Å²) in [6.07, 6.45) is 1.78. The Balaban J connectivity index is 2.59. The van der Waals surface area contributed by atoms with Crippen LogP contribution in [0.4, 0.5) is 5.82 Å². The van der Waals surface area contributed by atoms with Gasteiger partial charge < -0.3 is 10.1 Å². The monoisotopic (exact) mass is 282 g/mol. The van der Waals surface area contributed by atoms with Gasteiger partial charge in [0.05, 0.1) is 24.4 Å². The van der Waals surface area contributed by atoms with Gasteiger partial charge in [-0.05, 0) is 24.6 Å². The van der Waals surface area contributed by atoms with Crippen molar-refractivity contribution in [1.82, 2.24) is 9.97 Å². The summed E-state index contributed by atoms with van der Waals surface area (Å²) in [5.74, 6) is 2.23. The normalized spacial score (nSPS) is 10.0. The number of nitriles is 1. The van der Waals surface area contributed by atoms with Crippen molar-refractivity contribution in [2.45, 2.75) is 19.8 Å². The molecule has 0 aliphatic carbocycles. The lowest BCUT2D eigenvalue weighted by atomic mass is 10.1. The summed E-state index contributed by atoms with van der Waals surface area (Å²) in [6.45, 7) is 2.09. The molecule has 1 aromatic carbocycles. The molecule has 0 saturated heterocycles. The number of rotatable bonds is 5. The molecule has 0 amide bonds. The van der Waals surface area contributed by atoms with Crippen LogP contribution in [0.3, 0.4) is 0 Å². The first kappa shape index (κ1) is 14.8. The van der Waals surface area contributed by atoms with Crippen LogP contribution in [0.5, 0.6) is 5.75 Å². The van der Waals surface area contributed by atoms with E-state index >= 15 is 0 Å². The Kier molecular flexibility index (Phi) is 4.72. The number of nitrogens with zero attached hydrogens (tertiary/aromatic N) is 3. The molecule has 108 valence electrons. The highest BCUT2D eigenvalue weighted by molar-refractivity contribution is 5.71. The van der Waals surface area contributed by atoms with Crippen LogP contribution in [0.15, 0.2) is 24.3 Å². The maximum absolute atomic E-state index is 9.08. The predicted octanol–water partition coefficient (Wildman–Crippen LogP) is 3.02. The van der Waals surface area contributed by atoms with Crippen molar-refractivity contribution in [3.8, 4) is 23.1 Å². The first-order valence-corrected chi connectivity index (χ1v) is 6.86. The van der Waals surface area contributed by atoms with Crippen molar-refractivity contribution in [3.63, 3.8) is 0 Å². The summed E-state index contributed by atoms with van der Waals surface area (Å²) in [5.41, 5.74) is 2.13. The van der Waals surface area contributed by atoms with Crippen molar-refractivity contribution < 1.29 is 4.74 Å². The SMILES string of the molecule is CCCc1nc(NC)cc(-c2cc(C#N)ccc2OC)n1. The Labute approximate surface area is 124 Å². The number of aryl methyl sites for hydroxylation is 1. The highest BCUT2D eigenvalue weighted by Gasteiger charge is 2.11. The van der Waals surface area contributed by atoms with Gasteiger partial charge in [0.15, 0.2) is 0 Å². The average Bonchev–Trinajstić information content (AvgIpc) is 2.54. The Morgan fingerprint density at radius 1 is 1.29 bits per heavy atom. The van der Waals surface area contributed by atoms with Crippen LogP contribution in [-0.2, 0) is 6.42 Å². The van der Waals surface area contributed by atoms with E-state index in [-0.39, 0.29) is 0 Å². The number of aromatic nitrogens is 2. The van der Waals surface area contributed by atoms with E-state index in [4.69, 9.17) is 10.00 Å². The molecule has 0 fully saturated rings. The van der Waals surface area contributed by atoms with E-state index < -0.39 is 0 Å². The Hall–Kier alpha value is -2.61. The minimum absolute atomic E-state index is 0.576. The molecule has 2 aromatic rings. The van der Waals surface area contributed by atoms with E-state index in [1.165, 1.54) is 0 Å². The molecule has 0 atom stereocenters. The molecule has 0 bridgehead atoms. The fourth-order valence-electron chi connectivity index (χ4n) is 2.08. The minimum Gasteiger partial charge on any atom is -0.496 e. The summed E-state index contributed by atoms with van der Waals surface area (Å²) in [7, 11) is 3.43. The first-order chi connectivity index (χ1) is 10.2. The van der Waals surface area contributed by atoms with Crippen molar-refractivity contribution in [1.29, 1.82) is 5.26 Å². The quantitative estimate of drug-likeness (QED) is 0.912. The van der Waals surface area contributed by atoms with E-state index in [0.29, 0.717) is 11.3 Å². The van der Waals surface area contributed by atoms with Gasteiger partial charge in [0, 0.05) is 25.1 Å². The van der Waals surface area contributed by atoms with Gasteiger partial charge in [-0.1, -0.05) is 6.92 Å². The van der Waals surface area contributed by atoms with Gasteiger partial charge in [-0.2, -0.15) is 5.26 Å². The first-order valence-electron chi connectivity index (χ1n) is 6.86. The van der Waals surface area contributed by atoms with Crippen molar-refractivity contribution in [2.24, 2.45) is 0 Å². The minimum atomic E-state index is 0.576. The molecule has 5 heteroatoms. The van der Waals surface area contributed by atoms with Gasteiger partial charge in [0.1, 0.15) is 17.4 Å². The third-order valence-corrected chi connectivity index (χ3v) is 3.11. The highest BCUT2D eigenvalue weighted by Crippen LogP contribution is 2.30. The fourth-order valence-corrected chi connectivity index (χ4v) is 2.08. The van der Waals surface area contributed by atoms with Gasteiger partial charge in [0.25, 0.3) is 0 Å². The zero-order chi connectivity index (χ0) is 15.2. The molecule has 1 heterocycles. The number of hydrogen-bond donors (Lipinski definition) is 1. The summed E-state index contributed by atoms with van der Waals surface area (Å²) < 4.78 is 5.38. The second-order valence-corrected chi connectivity index (χ2v) is 4.58. The van der Waals surface area contributed by atoms with Gasteiger partial charge in [-0.3, -0.25) is 0 Å². The zero-order valence-corrected chi connectivity index (χ0v) is 12.5. The second kappa shape index (κ2) is 6.71. The van der Waals surface area contributed by atoms with Crippen LogP contribution in [0.2, 0.25) is 0 Å². The van der Waals surface area contributed by atoms with Crippen LogP contribution < -0.4 is 10.1 Å². The molecule has 0 aliphatic rings. The molecule has 0 unspecified atom stereocenters. The highest BCUT2D eigenvalue weighted by atomic mass is 16.5. The Morgan fingerprint density at radius 3 is 2.71 bits per heavy atom. The van der Waals surface area contributed by atoms with Crippen LogP contribution in [0.25, 0.3) is 11.3 Å². The smallest absolute Gasteiger partial charge is 0.131 e. The molecule has 2 rings (SSSR count). The summed E-state index contributed by atoms with van der Waals surface area (Å²) in [4.78, 5) is 9.02. The lowest BCUT2D eigenvalue weighted by molar-refractivity contribution is 0.416. The van der Waals surface area contributed by atoms with Gasteiger partial charge in [-0.15, -0.1) is 0 Å². The number of nitrogens with one attached hydrogen (secondary N) is 1. The van der Waals surface area contributed by atoms with Crippen molar-refractivity contribution in [3.05, 3.63) is 35.7 Å². The lowest BCUT2D eigenvalue weighted by Crippen LogP contribution is -2.02. The van der Waals surface area contributed by atoms with Gasteiger partial charge >= 0.3 is 0 Å². The predicted molar refractivity (Wildman–Crippen MR) is 82.3 cm³/mol. The van der Waals surface area contributed by atoms with Crippen LogP contribution in [0.1, 0.15) is 24.7 Å². The molecule has 0 aliphatic heterocycles. The van der Waals surface area contributed by atoms with Crippen LogP contribution >= 0.6 is 0 Å². The molecule has 0 radical (unpaired) electrons. The average molecular weight is 282 g/mol. The standard InChI is InChI=1S/C16H18N4O/c1-4-5-15-19-13(9-16(18-2)20-15)12-8-11(10-17)6-7-14(12)21-3/h6-9H,4-5H2,1-3H3,(H,18,19,20). The van der Waals surface area contributed by atoms with Crippen LogP contribution in [-0.4, -0.2) is 24.1 Å². The summed E-state index contributed by atoms with van der Waals surface area (Å²) >= 11 is 0. The summed E-state index contributed by atoms with van der Waals surface area (Å²) in [6, 6.07) is 9.31. The Bertz CT molecular complexity index is 676. The maximum Gasteiger partial charge on any atom is 0.131 e. The Morgan fingerprint density at radius 2 is 2.10 bits per heavy atom. The summed E-state index contributed by atoms with van der Waals surface area (Å²) in [5, 5.41) is 12.1. The topological polar surface area (TPSA) is 70.8 Å². The van der Waals surface area contributed by atoms with Gasteiger partial charge in [-0.25, -0.2) is 9.97 Å². The third-order valence-electron chi connectivity index (χ3n) is 3.11. The molecular weight excluding hydrogens is 264 g/mol. The van der Waals surface area contributed by atoms with E-state index in [9.17, 15) is 0 Å². The number of anilines is 1. The molecular formula is C16H18N4O. The van der Waals surface area contributed by atoms with Gasteiger partial charge in [0.2, 0.25) is 0 Å². The maximum atomic E-state index is 9.08. The molecule has 21 heavy (non-hydrogen) atoms. The van der Waals surface area contributed by atoms with E-state index in [0.717, 1.165) is 35.7 Å². The number of ether oxygens (including phenoxy) is 1. The van der Waals surface area contributed by atoms with E-state index in [1.807, 2.05) is 13.1 Å². The van der Waals surface area contributed by atoms with Crippen LogP contribution in [0, 0.1) is 11.3 Å². The lowest BCUT2D eigenvalue weighted by Gasteiger charge is -2.11. The number of benzene rings is 1. The molecule has 1 aromatic heterocycles. The largest absolute Gasteiger partial charge is 0.496 e. The number of methoxy groups -OCH3 is 1. The van der Waals surface area contributed by atoms with Crippen molar-refractivity contribution >= 4 is 5.82 Å². The molecule has 0 saturated carbocycles. The third kappa shape index (κ3) is 3.29. The fraction of sp³-hybridized carbons (Fsp3) is 0.312. The zero-order valence-electron chi connectivity index (χ0n) is 12.5. The molecule has 5 nitrogen and oxygen atoms in total. The molecule has 0 spiro atoms.